The predicted molar refractivity (Wildman–Crippen MR) is 77.5 cm³/mol. The maximum absolute atomic E-state index is 5.79. The van der Waals surface area contributed by atoms with Crippen molar-refractivity contribution in [3.05, 3.63) is 24.4 Å². The molecule has 3 rings (SSSR count). The maximum Gasteiger partial charge on any atom is 0.222 e. The molecule has 0 bridgehead atoms. The Labute approximate surface area is 110 Å². The molecule has 0 aliphatic heterocycles. The molecule has 0 aliphatic rings. The highest BCUT2D eigenvalue weighted by atomic mass is 15.6. The standard InChI is InChI=1S/C13H17N6/c1-19(2,3)18-12-11-8-6-7-15-9(8)4-5-10(11)16-13(14)17-12/h4-7,15H,1-3H3,(H3,14,16,17,18)/q+1. The van der Waals surface area contributed by atoms with E-state index in [0.29, 0.717) is 4.59 Å². The van der Waals surface area contributed by atoms with E-state index < -0.39 is 0 Å². The summed E-state index contributed by atoms with van der Waals surface area (Å²) in [5.41, 5.74) is 11.0. The molecule has 0 saturated carbocycles. The fraction of sp³-hybridized carbons (Fsp3) is 0.231. The number of aromatic amines is 1. The van der Waals surface area contributed by atoms with Crippen LogP contribution in [0, 0.1) is 0 Å². The number of benzene rings is 1. The Morgan fingerprint density at radius 3 is 2.68 bits per heavy atom. The number of hydrogen-bond acceptors (Lipinski definition) is 4. The number of anilines is 2. The van der Waals surface area contributed by atoms with Crippen LogP contribution in [-0.4, -0.2) is 40.7 Å². The van der Waals surface area contributed by atoms with Crippen LogP contribution in [0.1, 0.15) is 0 Å². The van der Waals surface area contributed by atoms with Crippen molar-refractivity contribution in [2.45, 2.75) is 0 Å². The molecular formula is C13H17N6+. The van der Waals surface area contributed by atoms with E-state index in [0.717, 1.165) is 27.6 Å². The quantitative estimate of drug-likeness (QED) is 0.482. The zero-order valence-corrected chi connectivity index (χ0v) is 11.2. The van der Waals surface area contributed by atoms with Crippen molar-refractivity contribution in [3.63, 3.8) is 0 Å². The molecule has 2 aromatic heterocycles. The molecule has 0 amide bonds. The molecule has 1 aromatic carbocycles. The minimum absolute atomic E-state index is 0.276. The lowest BCUT2D eigenvalue weighted by atomic mass is 10.1. The number of nitrogens with zero attached hydrogens (tertiary/aromatic N) is 3. The van der Waals surface area contributed by atoms with Crippen LogP contribution in [0.25, 0.3) is 21.8 Å². The molecule has 98 valence electrons. The number of quaternary nitrogens is 1. The van der Waals surface area contributed by atoms with Crippen molar-refractivity contribution < 1.29 is 4.59 Å². The second-order valence-corrected chi connectivity index (χ2v) is 5.45. The number of rotatable bonds is 2. The lowest BCUT2D eigenvalue weighted by Crippen LogP contribution is -2.40. The van der Waals surface area contributed by atoms with Crippen molar-refractivity contribution in [1.82, 2.24) is 15.0 Å². The monoisotopic (exact) mass is 257 g/mol. The summed E-state index contributed by atoms with van der Waals surface area (Å²) in [5.74, 6) is 1.03. The van der Waals surface area contributed by atoms with Crippen molar-refractivity contribution in [2.24, 2.45) is 0 Å². The Morgan fingerprint density at radius 1 is 1.16 bits per heavy atom. The van der Waals surface area contributed by atoms with Crippen LogP contribution in [0.15, 0.2) is 24.4 Å². The Morgan fingerprint density at radius 2 is 1.95 bits per heavy atom. The van der Waals surface area contributed by atoms with E-state index in [1.807, 2.05) is 45.5 Å². The fourth-order valence-electron chi connectivity index (χ4n) is 2.18. The van der Waals surface area contributed by atoms with Crippen LogP contribution in [0.5, 0.6) is 0 Å². The minimum Gasteiger partial charge on any atom is -0.368 e. The summed E-state index contributed by atoms with van der Waals surface area (Å²) in [7, 11) is 6.09. The van der Waals surface area contributed by atoms with Gasteiger partial charge in [-0.2, -0.15) is 4.98 Å². The van der Waals surface area contributed by atoms with Gasteiger partial charge in [0.25, 0.3) is 0 Å². The second-order valence-electron chi connectivity index (χ2n) is 5.45. The third-order valence-corrected chi connectivity index (χ3v) is 2.85. The zero-order valence-electron chi connectivity index (χ0n) is 11.2. The summed E-state index contributed by atoms with van der Waals surface area (Å²) < 4.78 is 0.548. The molecule has 19 heavy (non-hydrogen) atoms. The first-order valence-electron chi connectivity index (χ1n) is 6.07. The predicted octanol–water partition coefficient (Wildman–Crippen LogP) is 1.73. The van der Waals surface area contributed by atoms with Gasteiger partial charge < -0.3 is 10.7 Å². The van der Waals surface area contributed by atoms with Crippen molar-refractivity contribution in [3.8, 4) is 0 Å². The highest BCUT2D eigenvalue weighted by Crippen LogP contribution is 2.29. The van der Waals surface area contributed by atoms with E-state index in [1.54, 1.807) is 0 Å². The van der Waals surface area contributed by atoms with Crippen LogP contribution in [0.2, 0.25) is 0 Å². The normalized spacial score (nSPS) is 12.2. The first-order valence-corrected chi connectivity index (χ1v) is 6.07. The summed E-state index contributed by atoms with van der Waals surface area (Å²) in [6.45, 7) is 0. The molecule has 3 aromatic rings. The van der Waals surface area contributed by atoms with Crippen LogP contribution in [0.4, 0.5) is 11.8 Å². The fourth-order valence-corrected chi connectivity index (χ4v) is 2.18. The van der Waals surface area contributed by atoms with Crippen molar-refractivity contribution in [1.29, 1.82) is 0 Å². The van der Waals surface area contributed by atoms with Gasteiger partial charge in [-0.3, -0.25) is 0 Å². The van der Waals surface area contributed by atoms with Gasteiger partial charge in [0.2, 0.25) is 5.95 Å². The van der Waals surface area contributed by atoms with E-state index in [9.17, 15) is 0 Å². The highest BCUT2D eigenvalue weighted by molar-refractivity contribution is 6.10. The van der Waals surface area contributed by atoms with Crippen LogP contribution in [0.3, 0.4) is 0 Å². The lowest BCUT2D eigenvalue weighted by molar-refractivity contribution is -0.848. The van der Waals surface area contributed by atoms with E-state index >= 15 is 0 Å². The molecule has 6 heteroatoms. The molecule has 0 saturated heterocycles. The van der Waals surface area contributed by atoms with Crippen LogP contribution < -0.4 is 11.2 Å². The number of nitrogens with two attached hydrogens (primary N) is 1. The maximum atomic E-state index is 5.79. The van der Waals surface area contributed by atoms with Gasteiger partial charge in [-0.15, -0.1) is 0 Å². The van der Waals surface area contributed by atoms with Crippen molar-refractivity contribution in [2.75, 3.05) is 32.3 Å². The first-order chi connectivity index (χ1) is 8.94. The van der Waals surface area contributed by atoms with E-state index in [1.165, 1.54) is 0 Å². The molecule has 0 fully saturated rings. The van der Waals surface area contributed by atoms with Crippen molar-refractivity contribution >= 4 is 33.6 Å². The average Bonchev–Trinajstić information content (AvgIpc) is 2.73. The Kier molecular flexibility index (Phi) is 2.36. The van der Waals surface area contributed by atoms with Gasteiger partial charge in [0.1, 0.15) is 0 Å². The molecule has 0 atom stereocenters. The van der Waals surface area contributed by atoms with E-state index in [4.69, 9.17) is 5.73 Å². The molecule has 6 nitrogen and oxygen atoms in total. The molecular weight excluding hydrogens is 240 g/mol. The van der Waals surface area contributed by atoms with E-state index in [-0.39, 0.29) is 5.95 Å². The molecule has 4 N–H and O–H groups in total. The Hall–Kier alpha value is -2.34. The molecule has 0 spiro atoms. The van der Waals surface area contributed by atoms with Gasteiger partial charge in [-0.1, -0.05) is 0 Å². The highest BCUT2D eigenvalue weighted by Gasteiger charge is 2.15. The summed E-state index contributed by atoms with van der Waals surface area (Å²) in [4.78, 5) is 11.8. The van der Waals surface area contributed by atoms with Gasteiger partial charge >= 0.3 is 0 Å². The summed E-state index contributed by atoms with van der Waals surface area (Å²) in [6, 6.07) is 5.98. The smallest absolute Gasteiger partial charge is 0.222 e. The van der Waals surface area contributed by atoms with E-state index in [2.05, 4.69) is 20.4 Å². The second kappa shape index (κ2) is 3.83. The van der Waals surface area contributed by atoms with Gasteiger partial charge in [0, 0.05) is 17.1 Å². The number of hydrogen-bond donors (Lipinski definition) is 3. The summed E-state index contributed by atoms with van der Waals surface area (Å²) >= 11 is 0. The minimum atomic E-state index is 0.276. The third-order valence-electron chi connectivity index (χ3n) is 2.85. The molecule has 0 aliphatic carbocycles. The number of fused-ring (bicyclic) bond motifs is 3. The average molecular weight is 257 g/mol. The topological polar surface area (TPSA) is 79.6 Å². The number of nitrogen functional groups attached to an aromatic ring is 1. The van der Waals surface area contributed by atoms with Crippen LogP contribution >= 0.6 is 0 Å². The first kappa shape index (κ1) is 11.7. The number of aromatic nitrogens is 3. The Balaban J connectivity index is 2.37. The van der Waals surface area contributed by atoms with Crippen LogP contribution in [-0.2, 0) is 0 Å². The molecule has 2 heterocycles. The third kappa shape index (κ3) is 2.06. The zero-order chi connectivity index (χ0) is 13.6. The lowest BCUT2D eigenvalue weighted by Gasteiger charge is -2.25. The Bertz CT molecular complexity index is 753. The van der Waals surface area contributed by atoms with Gasteiger partial charge in [0.05, 0.1) is 32.0 Å². The van der Waals surface area contributed by atoms with Gasteiger partial charge in [-0.25, -0.2) is 15.0 Å². The number of H-pyrrole nitrogens is 1. The molecule has 0 radical (unpaired) electrons. The van der Waals surface area contributed by atoms with Gasteiger partial charge in [-0.05, 0) is 18.2 Å². The largest absolute Gasteiger partial charge is 0.368 e. The number of nitrogens with one attached hydrogen (secondary N) is 2. The SMILES string of the molecule is C[N+](C)(C)Nc1nc(N)nc2ccc3[nH]ccc3c12. The van der Waals surface area contributed by atoms with Gasteiger partial charge in [0.15, 0.2) is 5.82 Å². The summed E-state index contributed by atoms with van der Waals surface area (Å²) in [5, 5.41) is 2.08. The summed E-state index contributed by atoms with van der Waals surface area (Å²) in [6.07, 6.45) is 1.91. The molecule has 0 unspecified atom stereocenters.